The number of carbonyl (C=O) groups excluding carboxylic acids is 1. The van der Waals surface area contributed by atoms with E-state index in [0.717, 1.165) is 30.4 Å². The standard InChI is InChI=1S/C18H20N6O2S/c1-2-23-16(11-7-8-11)21-22-18(23)27-10-15-20-13-6-4-3-5-12(13)17(26)24(15)9-14(19)25/h3-6,11H,2,7-10H2,1H3,(H2,19,25). The molecule has 1 aliphatic rings. The highest BCUT2D eigenvalue weighted by atomic mass is 32.2. The smallest absolute Gasteiger partial charge is 0.261 e. The molecular formula is C18H20N6O2S. The molecule has 140 valence electrons. The Morgan fingerprint density at radius 3 is 2.74 bits per heavy atom. The van der Waals surface area contributed by atoms with Gasteiger partial charge in [-0.25, -0.2) is 4.98 Å². The summed E-state index contributed by atoms with van der Waals surface area (Å²) in [5, 5.41) is 9.91. The highest BCUT2D eigenvalue weighted by Crippen LogP contribution is 2.40. The van der Waals surface area contributed by atoms with Crippen molar-refractivity contribution in [3.05, 3.63) is 46.3 Å². The van der Waals surface area contributed by atoms with Crippen LogP contribution >= 0.6 is 11.8 Å². The fraction of sp³-hybridized carbons (Fsp3) is 0.389. The first-order valence-electron chi connectivity index (χ1n) is 8.91. The lowest BCUT2D eigenvalue weighted by atomic mass is 10.2. The molecule has 4 rings (SSSR count). The van der Waals surface area contributed by atoms with Crippen LogP contribution in [0.1, 0.15) is 37.3 Å². The van der Waals surface area contributed by atoms with Crippen LogP contribution in [0.5, 0.6) is 0 Å². The fourth-order valence-corrected chi connectivity index (χ4v) is 4.08. The molecule has 1 fully saturated rings. The summed E-state index contributed by atoms with van der Waals surface area (Å²) in [4.78, 5) is 28.9. The molecule has 1 saturated carbocycles. The van der Waals surface area contributed by atoms with Crippen molar-refractivity contribution in [1.29, 1.82) is 0 Å². The van der Waals surface area contributed by atoms with Crippen LogP contribution in [0, 0.1) is 0 Å². The summed E-state index contributed by atoms with van der Waals surface area (Å²) < 4.78 is 3.46. The molecule has 0 aliphatic heterocycles. The summed E-state index contributed by atoms with van der Waals surface area (Å²) in [6, 6.07) is 7.10. The second kappa shape index (κ2) is 7.15. The third-order valence-electron chi connectivity index (χ3n) is 4.59. The maximum absolute atomic E-state index is 12.8. The number of fused-ring (bicyclic) bond motifs is 1. The highest BCUT2D eigenvalue weighted by Gasteiger charge is 2.30. The number of hydrogen-bond donors (Lipinski definition) is 1. The van der Waals surface area contributed by atoms with E-state index in [1.807, 2.05) is 6.07 Å². The van der Waals surface area contributed by atoms with Gasteiger partial charge in [-0.1, -0.05) is 23.9 Å². The molecule has 1 aliphatic carbocycles. The van der Waals surface area contributed by atoms with Crippen LogP contribution in [0.2, 0.25) is 0 Å². The van der Waals surface area contributed by atoms with Crippen molar-refractivity contribution >= 4 is 28.6 Å². The monoisotopic (exact) mass is 384 g/mol. The third kappa shape index (κ3) is 3.46. The SMILES string of the molecule is CCn1c(SCc2nc3ccccc3c(=O)n2CC(N)=O)nnc1C1CC1. The average molecular weight is 384 g/mol. The Balaban J connectivity index is 1.69. The zero-order valence-corrected chi connectivity index (χ0v) is 15.8. The molecule has 0 bridgehead atoms. The predicted octanol–water partition coefficient (Wildman–Crippen LogP) is 1.66. The van der Waals surface area contributed by atoms with E-state index in [1.165, 1.54) is 16.3 Å². The molecule has 1 aromatic carbocycles. The molecule has 2 aromatic heterocycles. The first-order valence-corrected chi connectivity index (χ1v) is 9.89. The lowest BCUT2D eigenvalue weighted by Gasteiger charge is -2.12. The summed E-state index contributed by atoms with van der Waals surface area (Å²) in [7, 11) is 0. The van der Waals surface area contributed by atoms with Crippen LogP contribution in [-0.2, 0) is 23.6 Å². The molecule has 2 heterocycles. The van der Waals surface area contributed by atoms with Gasteiger partial charge in [0.1, 0.15) is 18.2 Å². The molecular weight excluding hydrogens is 364 g/mol. The van der Waals surface area contributed by atoms with Gasteiger partial charge < -0.3 is 10.3 Å². The molecule has 0 saturated heterocycles. The van der Waals surface area contributed by atoms with Crippen molar-refractivity contribution in [2.24, 2.45) is 5.73 Å². The normalized spacial score (nSPS) is 14.0. The summed E-state index contributed by atoms with van der Waals surface area (Å²) in [6.07, 6.45) is 2.32. The minimum atomic E-state index is -0.576. The maximum atomic E-state index is 12.8. The number of para-hydroxylation sites is 1. The fourth-order valence-electron chi connectivity index (χ4n) is 3.12. The van der Waals surface area contributed by atoms with Crippen molar-refractivity contribution < 1.29 is 4.79 Å². The van der Waals surface area contributed by atoms with Gasteiger partial charge in [-0.2, -0.15) is 0 Å². The molecule has 2 N–H and O–H groups in total. The minimum absolute atomic E-state index is 0.194. The van der Waals surface area contributed by atoms with Gasteiger partial charge in [-0.3, -0.25) is 14.2 Å². The van der Waals surface area contributed by atoms with Gasteiger partial charge >= 0.3 is 0 Å². The molecule has 0 unspecified atom stereocenters. The molecule has 3 aromatic rings. The highest BCUT2D eigenvalue weighted by molar-refractivity contribution is 7.98. The lowest BCUT2D eigenvalue weighted by molar-refractivity contribution is -0.118. The molecule has 1 amide bonds. The first-order chi connectivity index (χ1) is 13.1. The Kier molecular flexibility index (Phi) is 4.69. The summed E-state index contributed by atoms with van der Waals surface area (Å²) in [5.74, 6) is 1.87. The summed E-state index contributed by atoms with van der Waals surface area (Å²) in [6.45, 7) is 2.66. The summed E-state index contributed by atoms with van der Waals surface area (Å²) in [5.41, 5.74) is 5.69. The topological polar surface area (TPSA) is 109 Å². The van der Waals surface area contributed by atoms with Gasteiger partial charge in [0.25, 0.3) is 5.56 Å². The van der Waals surface area contributed by atoms with E-state index in [2.05, 4.69) is 26.7 Å². The number of carbonyl (C=O) groups is 1. The largest absolute Gasteiger partial charge is 0.368 e. The quantitative estimate of drug-likeness (QED) is 0.621. The predicted molar refractivity (Wildman–Crippen MR) is 102 cm³/mol. The first kappa shape index (κ1) is 17.7. The van der Waals surface area contributed by atoms with E-state index >= 15 is 0 Å². The van der Waals surface area contributed by atoms with Gasteiger partial charge in [-0.05, 0) is 31.9 Å². The zero-order valence-electron chi connectivity index (χ0n) is 15.0. The van der Waals surface area contributed by atoms with Gasteiger partial charge in [-0.15, -0.1) is 10.2 Å². The summed E-state index contributed by atoms with van der Waals surface area (Å²) >= 11 is 1.46. The van der Waals surface area contributed by atoms with Crippen molar-refractivity contribution in [2.75, 3.05) is 0 Å². The molecule has 0 atom stereocenters. The Bertz CT molecular complexity index is 1070. The number of hydrogen-bond acceptors (Lipinski definition) is 6. The maximum Gasteiger partial charge on any atom is 0.261 e. The van der Waals surface area contributed by atoms with Crippen molar-refractivity contribution in [3.8, 4) is 0 Å². The zero-order chi connectivity index (χ0) is 19.0. The van der Waals surface area contributed by atoms with Crippen LogP contribution in [0.4, 0.5) is 0 Å². The van der Waals surface area contributed by atoms with Crippen molar-refractivity contribution in [1.82, 2.24) is 24.3 Å². The van der Waals surface area contributed by atoms with Gasteiger partial charge in [0.15, 0.2) is 5.16 Å². The van der Waals surface area contributed by atoms with E-state index in [4.69, 9.17) is 5.73 Å². The van der Waals surface area contributed by atoms with E-state index in [0.29, 0.717) is 28.4 Å². The number of rotatable bonds is 7. The molecule has 9 heteroatoms. The van der Waals surface area contributed by atoms with Gasteiger partial charge in [0, 0.05) is 12.5 Å². The van der Waals surface area contributed by atoms with E-state index in [-0.39, 0.29) is 12.1 Å². The molecule has 0 radical (unpaired) electrons. The van der Waals surface area contributed by atoms with Crippen LogP contribution in [0.3, 0.4) is 0 Å². The van der Waals surface area contributed by atoms with E-state index in [1.54, 1.807) is 18.2 Å². The van der Waals surface area contributed by atoms with Gasteiger partial charge in [0.05, 0.1) is 16.7 Å². The van der Waals surface area contributed by atoms with Crippen molar-refractivity contribution in [2.45, 2.75) is 49.7 Å². The second-order valence-corrected chi connectivity index (χ2v) is 7.49. The number of thioether (sulfide) groups is 1. The number of amides is 1. The third-order valence-corrected chi connectivity index (χ3v) is 5.55. The number of benzene rings is 1. The Morgan fingerprint density at radius 1 is 1.26 bits per heavy atom. The number of aromatic nitrogens is 5. The van der Waals surface area contributed by atoms with Crippen LogP contribution < -0.4 is 11.3 Å². The number of nitrogens with two attached hydrogens (primary N) is 1. The Hall–Kier alpha value is -2.68. The van der Waals surface area contributed by atoms with Crippen molar-refractivity contribution in [3.63, 3.8) is 0 Å². The minimum Gasteiger partial charge on any atom is -0.368 e. The number of primary amides is 1. The number of nitrogens with zero attached hydrogens (tertiary/aromatic N) is 5. The molecule has 0 spiro atoms. The van der Waals surface area contributed by atoms with Crippen LogP contribution in [0.15, 0.2) is 34.2 Å². The molecule has 27 heavy (non-hydrogen) atoms. The second-order valence-electron chi connectivity index (χ2n) is 6.55. The molecule has 8 nitrogen and oxygen atoms in total. The van der Waals surface area contributed by atoms with Crippen LogP contribution in [0.25, 0.3) is 10.9 Å². The lowest BCUT2D eigenvalue weighted by Crippen LogP contribution is -2.31. The van der Waals surface area contributed by atoms with Crippen LogP contribution in [-0.4, -0.2) is 30.2 Å². The van der Waals surface area contributed by atoms with E-state index in [9.17, 15) is 9.59 Å². The van der Waals surface area contributed by atoms with Gasteiger partial charge in [0.2, 0.25) is 5.91 Å². The Morgan fingerprint density at radius 2 is 2.04 bits per heavy atom. The Labute approximate surface area is 159 Å². The average Bonchev–Trinajstić information content (AvgIpc) is 3.42. The van der Waals surface area contributed by atoms with E-state index < -0.39 is 5.91 Å².